The summed E-state index contributed by atoms with van der Waals surface area (Å²) in [7, 11) is 0. The number of fused-ring (bicyclic) bond motifs is 12. The van der Waals surface area contributed by atoms with Gasteiger partial charge in [0.1, 0.15) is 5.82 Å². The number of imidazole rings is 1. The van der Waals surface area contributed by atoms with E-state index >= 15 is 0 Å². The minimum Gasteiger partial charge on any atom is -0.510 e. The van der Waals surface area contributed by atoms with E-state index in [0.717, 1.165) is 44.2 Å². The number of para-hydroxylation sites is 3. The van der Waals surface area contributed by atoms with Crippen molar-refractivity contribution in [2.45, 2.75) is 26.2 Å². The second-order valence-electron chi connectivity index (χ2n) is 16.6. The van der Waals surface area contributed by atoms with E-state index in [4.69, 9.17) is 15.2 Å². The van der Waals surface area contributed by atoms with Gasteiger partial charge in [0, 0.05) is 49.8 Å². The molecule has 0 saturated carbocycles. The summed E-state index contributed by atoms with van der Waals surface area (Å²) in [5, 5.41) is 2.08. The molecular weight excluding hydrogens is 964 g/mol. The van der Waals surface area contributed by atoms with Crippen molar-refractivity contribution in [1.29, 1.82) is 0 Å². The summed E-state index contributed by atoms with van der Waals surface area (Å²) < 4.78 is 85.2. The SMILES string of the molecule is [2H]c1c([2H])c([2H])c2c(c1[2H])-c1ccccc1-c1cccc(-[n+]3[c-]n(-c4[c-]c(Oc5[c-]c6c(cc5)c5ccccc5n6-c5cc(C(C)(C)C)ccn5)ccc4)c4ccccc43)c1-c1c([2H])c([2H])c([2H])c([2H])c1-2.[Pt]. The van der Waals surface area contributed by atoms with Crippen molar-refractivity contribution in [3.05, 3.63) is 212 Å². The second kappa shape index (κ2) is 15.5. The van der Waals surface area contributed by atoms with E-state index < -0.39 is 36.3 Å². The molecule has 0 saturated heterocycles. The third kappa shape index (κ3) is 6.42. The molecule has 0 fully saturated rings. The van der Waals surface area contributed by atoms with Gasteiger partial charge in [-0.25, -0.2) is 4.98 Å². The maximum atomic E-state index is 9.56. The Labute approximate surface area is 398 Å². The van der Waals surface area contributed by atoms with Crippen molar-refractivity contribution in [3.63, 3.8) is 0 Å². The van der Waals surface area contributed by atoms with E-state index in [1.807, 2.05) is 112 Å². The summed E-state index contributed by atoms with van der Waals surface area (Å²) in [6.07, 6.45) is 5.41. The molecule has 0 aliphatic heterocycles. The van der Waals surface area contributed by atoms with Gasteiger partial charge in [-0.15, -0.1) is 29.7 Å². The molecule has 0 bridgehead atoms. The van der Waals surface area contributed by atoms with Crippen molar-refractivity contribution >= 4 is 32.8 Å². The number of hydrogen-bond donors (Lipinski definition) is 0. The van der Waals surface area contributed by atoms with Gasteiger partial charge in [0.25, 0.3) is 6.33 Å². The van der Waals surface area contributed by atoms with Crippen LogP contribution in [0, 0.1) is 18.5 Å². The van der Waals surface area contributed by atoms with E-state index in [-0.39, 0.29) is 60.8 Å². The molecule has 1 aliphatic carbocycles. The van der Waals surface area contributed by atoms with E-state index in [1.165, 1.54) is 0 Å². The molecule has 6 heteroatoms. The van der Waals surface area contributed by atoms with Gasteiger partial charge >= 0.3 is 0 Å². The average molecular weight is 1010 g/mol. The number of pyridine rings is 1. The van der Waals surface area contributed by atoms with E-state index in [0.29, 0.717) is 45.1 Å². The Morgan fingerprint density at radius 3 is 2.03 bits per heavy atom. The zero-order valence-electron chi connectivity index (χ0n) is 42.8. The van der Waals surface area contributed by atoms with Crippen molar-refractivity contribution in [2.24, 2.45) is 0 Å². The zero-order valence-corrected chi connectivity index (χ0v) is 37.1. The molecule has 0 radical (unpaired) electrons. The Hall–Kier alpha value is -7.33. The van der Waals surface area contributed by atoms with Gasteiger partial charge < -0.3 is 13.9 Å². The third-order valence-corrected chi connectivity index (χ3v) is 11.8. The summed E-state index contributed by atoms with van der Waals surface area (Å²) in [6.45, 7) is 6.55. The van der Waals surface area contributed by atoms with Crippen molar-refractivity contribution in [3.8, 4) is 73.2 Å². The first-order chi connectivity index (χ1) is 34.2. The molecule has 0 amide bonds. The summed E-state index contributed by atoms with van der Waals surface area (Å²) in [6, 6.07) is 46.3. The van der Waals surface area contributed by atoms with Crippen LogP contribution in [0.25, 0.3) is 94.5 Å². The van der Waals surface area contributed by atoms with Crippen LogP contribution < -0.4 is 9.30 Å². The molecule has 0 spiro atoms. The molecule has 64 heavy (non-hydrogen) atoms. The van der Waals surface area contributed by atoms with Crippen LogP contribution in [-0.2, 0) is 26.5 Å². The first kappa shape index (κ1) is 31.5. The average Bonchev–Trinajstić information content (AvgIpc) is 3.93. The van der Waals surface area contributed by atoms with Gasteiger partial charge in [-0.1, -0.05) is 153 Å². The largest absolute Gasteiger partial charge is 0.510 e. The van der Waals surface area contributed by atoms with Crippen LogP contribution in [0.2, 0.25) is 0 Å². The first-order valence-corrected chi connectivity index (χ1v) is 20.7. The fraction of sp³-hybridized carbons (Fsp3) is 0.0690. The quantitative estimate of drug-likeness (QED) is 0.127. The Bertz CT molecular complexity index is 4080. The van der Waals surface area contributed by atoms with Crippen LogP contribution in [0.5, 0.6) is 11.5 Å². The van der Waals surface area contributed by atoms with Gasteiger partial charge in [-0.2, -0.15) is 18.2 Å². The molecule has 3 heterocycles. The van der Waals surface area contributed by atoms with E-state index in [9.17, 15) is 5.48 Å². The number of hydrogen-bond acceptors (Lipinski definition) is 2. The Kier molecular flexibility index (Phi) is 7.62. The Balaban J connectivity index is 0.00000560. The molecule has 11 aromatic rings. The molecule has 8 aromatic carbocycles. The maximum Gasteiger partial charge on any atom is 0.268 e. The van der Waals surface area contributed by atoms with Crippen LogP contribution >= 0.6 is 0 Å². The standard InChI is InChI=1S/C58H40N4O.Pt/c1-58(2,3)38-32-33-59-56(34-38)62-51-26-11-10-23-47(51)48-31-30-41(36-55(48)62)63-40-17-14-16-39(35-40)60-37-61(53-28-13-12-27-52(53)60)54-29-15-25-50-46-21-7-6-20-44(46)42-18-4-5-19-43(42)45-22-8-9-24-49(45)57(50)54;/h4-34H,1-3H3;/q-2;/i4D,5D,8D,9D,18D,19D,22D,24D;. The summed E-state index contributed by atoms with van der Waals surface area (Å²) >= 11 is 0. The summed E-state index contributed by atoms with van der Waals surface area (Å²) in [5.74, 6) is 1.70. The monoisotopic (exact) mass is 1010 g/mol. The van der Waals surface area contributed by atoms with Gasteiger partial charge in [0.2, 0.25) is 0 Å². The van der Waals surface area contributed by atoms with E-state index in [2.05, 4.69) is 68.1 Å². The molecule has 1 aliphatic rings. The topological polar surface area (TPSA) is 35.9 Å². The van der Waals surface area contributed by atoms with Gasteiger partial charge in [0.05, 0.1) is 27.7 Å². The second-order valence-corrected chi connectivity index (χ2v) is 16.6. The molecule has 3 aromatic heterocycles. The molecule has 310 valence electrons. The predicted octanol–water partition coefficient (Wildman–Crippen LogP) is 13.9. The predicted molar refractivity (Wildman–Crippen MR) is 254 cm³/mol. The number of ether oxygens (including phenoxy) is 1. The molecular formula is C58H40N4OPt-2. The van der Waals surface area contributed by atoms with Gasteiger partial charge in [-0.05, 0) is 85.3 Å². The van der Waals surface area contributed by atoms with Gasteiger partial charge in [0.15, 0.2) is 0 Å². The third-order valence-electron chi connectivity index (χ3n) is 11.8. The normalized spacial score (nSPS) is 13.6. The van der Waals surface area contributed by atoms with Crippen molar-refractivity contribution in [2.75, 3.05) is 0 Å². The zero-order chi connectivity index (χ0) is 49.2. The number of aromatic nitrogens is 4. The minimum absolute atomic E-state index is 0. The van der Waals surface area contributed by atoms with Crippen LogP contribution in [0.15, 0.2) is 188 Å². The first-order valence-electron chi connectivity index (χ1n) is 24.7. The number of rotatable bonds is 5. The molecule has 0 unspecified atom stereocenters. The number of benzene rings is 8. The minimum atomic E-state index is -0.517. The summed E-state index contributed by atoms with van der Waals surface area (Å²) in [5.41, 5.74) is 7.90. The molecule has 12 rings (SSSR count). The fourth-order valence-corrected chi connectivity index (χ4v) is 8.88. The van der Waals surface area contributed by atoms with Crippen LogP contribution in [0.4, 0.5) is 0 Å². The number of nitrogens with zero attached hydrogens (tertiary/aromatic N) is 4. The van der Waals surface area contributed by atoms with Crippen LogP contribution in [-0.4, -0.2) is 14.1 Å². The van der Waals surface area contributed by atoms with Crippen LogP contribution in [0.3, 0.4) is 0 Å². The van der Waals surface area contributed by atoms with Crippen molar-refractivity contribution < 1.29 is 41.3 Å². The smallest absolute Gasteiger partial charge is 0.268 e. The molecule has 0 atom stereocenters. The Morgan fingerprint density at radius 2 is 1.23 bits per heavy atom. The van der Waals surface area contributed by atoms with Crippen molar-refractivity contribution in [1.82, 2.24) is 14.1 Å². The fourth-order valence-electron chi connectivity index (χ4n) is 8.88. The Morgan fingerprint density at radius 1 is 0.594 bits per heavy atom. The van der Waals surface area contributed by atoms with Crippen LogP contribution in [0.1, 0.15) is 37.3 Å². The maximum absolute atomic E-state index is 9.56. The molecule has 0 N–H and O–H groups in total. The van der Waals surface area contributed by atoms with Gasteiger partial charge in [-0.3, -0.25) is 4.57 Å². The van der Waals surface area contributed by atoms with E-state index in [1.54, 1.807) is 12.1 Å². The summed E-state index contributed by atoms with van der Waals surface area (Å²) in [4.78, 5) is 4.82. The molecule has 5 nitrogen and oxygen atoms in total.